The van der Waals surface area contributed by atoms with Gasteiger partial charge in [0.05, 0.1) is 27.0 Å². The highest BCUT2D eigenvalue weighted by atomic mass is 32.2. The van der Waals surface area contributed by atoms with Gasteiger partial charge in [-0.25, -0.2) is 13.1 Å². The van der Waals surface area contributed by atoms with Crippen molar-refractivity contribution < 1.29 is 27.4 Å². The van der Waals surface area contributed by atoms with Crippen molar-refractivity contribution in [3.8, 4) is 11.5 Å². The quantitative estimate of drug-likeness (QED) is 0.593. The van der Waals surface area contributed by atoms with E-state index in [1.54, 1.807) is 35.7 Å². The summed E-state index contributed by atoms with van der Waals surface area (Å²) in [4.78, 5) is 0.468. The molecule has 0 aliphatic rings. The lowest BCUT2D eigenvalue weighted by Gasteiger charge is -2.25. The van der Waals surface area contributed by atoms with Crippen molar-refractivity contribution in [2.75, 3.05) is 20.8 Å². The second-order valence-electron chi connectivity index (χ2n) is 5.66. The van der Waals surface area contributed by atoms with Crippen LogP contribution in [0.4, 0.5) is 0 Å². The van der Waals surface area contributed by atoms with Crippen molar-refractivity contribution in [1.29, 1.82) is 0 Å². The molecule has 0 saturated heterocycles. The molecule has 0 aliphatic carbocycles. The molecule has 2 aromatic heterocycles. The number of rotatable bonds is 8. The van der Waals surface area contributed by atoms with Gasteiger partial charge in [0.15, 0.2) is 5.60 Å². The molecule has 144 valence electrons. The van der Waals surface area contributed by atoms with Crippen molar-refractivity contribution in [3.05, 3.63) is 64.7 Å². The van der Waals surface area contributed by atoms with Crippen LogP contribution >= 0.6 is 11.3 Å². The Morgan fingerprint density at radius 2 is 2.00 bits per heavy atom. The first-order chi connectivity index (χ1) is 12.9. The van der Waals surface area contributed by atoms with E-state index in [9.17, 15) is 13.5 Å². The maximum Gasteiger partial charge on any atom is 0.244 e. The van der Waals surface area contributed by atoms with E-state index in [4.69, 9.17) is 13.9 Å². The fourth-order valence-electron chi connectivity index (χ4n) is 2.59. The van der Waals surface area contributed by atoms with Crippen LogP contribution in [0.15, 0.2) is 63.4 Å². The number of furan rings is 1. The molecule has 0 aliphatic heterocycles. The lowest BCUT2D eigenvalue weighted by Crippen LogP contribution is -2.41. The van der Waals surface area contributed by atoms with Gasteiger partial charge in [0.2, 0.25) is 10.0 Å². The smallest absolute Gasteiger partial charge is 0.244 e. The maximum absolute atomic E-state index is 12.9. The molecule has 9 heteroatoms. The van der Waals surface area contributed by atoms with E-state index in [-0.39, 0.29) is 22.9 Å². The number of sulfonamides is 1. The zero-order valence-electron chi connectivity index (χ0n) is 14.7. The minimum Gasteiger partial charge on any atom is -0.497 e. The second kappa shape index (κ2) is 7.73. The van der Waals surface area contributed by atoms with Crippen LogP contribution < -0.4 is 14.2 Å². The zero-order chi connectivity index (χ0) is 19.5. The van der Waals surface area contributed by atoms with Gasteiger partial charge in [0, 0.05) is 10.9 Å². The Morgan fingerprint density at radius 1 is 1.19 bits per heavy atom. The molecule has 2 heterocycles. The monoisotopic (exact) mass is 409 g/mol. The van der Waals surface area contributed by atoms with Gasteiger partial charge in [0.1, 0.15) is 22.2 Å². The molecule has 1 aromatic carbocycles. The van der Waals surface area contributed by atoms with Crippen LogP contribution in [-0.4, -0.2) is 34.3 Å². The van der Waals surface area contributed by atoms with Gasteiger partial charge in [-0.15, -0.1) is 11.3 Å². The first kappa shape index (κ1) is 19.4. The number of methoxy groups -OCH3 is 2. The molecule has 0 fully saturated rings. The van der Waals surface area contributed by atoms with Crippen LogP contribution in [0, 0.1) is 0 Å². The van der Waals surface area contributed by atoms with Gasteiger partial charge in [0.25, 0.3) is 0 Å². The largest absolute Gasteiger partial charge is 0.497 e. The Labute approximate surface area is 161 Å². The maximum atomic E-state index is 12.9. The molecule has 0 saturated carbocycles. The van der Waals surface area contributed by atoms with Crippen molar-refractivity contribution in [3.63, 3.8) is 0 Å². The van der Waals surface area contributed by atoms with E-state index in [1.165, 1.54) is 44.0 Å². The summed E-state index contributed by atoms with van der Waals surface area (Å²) in [6.45, 7) is -0.316. The lowest BCUT2D eigenvalue weighted by molar-refractivity contribution is 0.0655. The summed E-state index contributed by atoms with van der Waals surface area (Å²) in [5.74, 6) is 0.780. The van der Waals surface area contributed by atoms with E-state index in [0.29, 0.717) is 10.6 Å². The number of benzene rings is 1. The van der Waals surface area contributed by atoms with Gasteiger partial charge in [-0.1, -0.05) is 6.07 Å². The first-order valence-corrected chi connectivity index (χ1v) is 10.3. The summed E-state index contributed by atoms with van der Waals surface area (Å²) >= 11 is 1.30. The minimum atomic E-state index is -4.00. The van der Waals surface area contributed by atoms with E-state index in [1.807, 2.05) is 0 Å². The summed E-state index contributed by atoms with van der Waals surface area (Å²) in [7, 11) is -1.18. The van der Waals surface area contributed by atoms with Crippen molar-refractivity contribution in [2.24, 2.45) is 0 Å². The Balaban J connectivity index is 1.94. The molecule has 0 radical (unpaired) electrons. The number of aliphatic hydroxyl groups is 1. The van der Waals surface area contributed by atoms with Crippen molar-refractivity contribution in [1.82, 2.24) is 4.72 Å². The van der Waals surface area contributed by atoms with E-state index >= 15 is 0 Å². The summed E-state index contributed by atoms with van der Waals surface area (Å²) in [5, 5.41) is 13.0. The number of nitrogens with one attached hydrogen (secondary N) is 1. The van der Waals surface area contributed by atoms with Crippen molar-refractivity contribution >= 4 is 21.4 Å². The standard InChI is InChI=1S/C18H19NO6S2/c1-23-13-7-8-14(24-2)15(11-13)27(21,22)19-12-18(20,16-5-3-9-25-16)17-6-4-10-26-17/h3-11,19-20H,12H2,1-2H3. The molecule has 3 rings (SSSR count). The fraction of sp³-hybridized carbons (Fsp3) is 0.222. The molecule has 3 aromatic rings. The molecule has 1 atom stereocenters. The summed E-state index contributed by atoms with van der Waals surface area (Å²) in [6.07, 6.45) is 1.42. The molecule has 2 N–H and O–H groups in total. The summed E-state index contributed by atoms with van der Waals surface area (Å²) < 4.78 is 43.8. The molecular formula is C18H19NO6S2. The third-order valence-corrected chi connectivity index (χ3v) is 6.48. The number of hydrogen-bond acceptors (Lipinski definition) is 7. The van der Waals surface area contributed by atoms with Crippen LogP contribution in [0.3, 0.4) is 0 Å². The topological polar surface area (TPSA) is 98.0 Å². The molecule has 0 amide bonds. The number of hydrogen-bond donors (Lipinski definition) is 2. The van der Waals surface area contributed by atoms with Crippen LogP contribution in [0.5, 0.6) is 11.5 Å². The van der Waals surface area contributed by atoms with Crippen LogP contribution in [0.25, 0.3) is 0 Å². The van der Waals surface area contributed by atoms with E-state index in [2.05, 4.69) is 4.72 Å². The first-order valence-electron chi connectivity index (χ1n) is 7.93. The fourth-order valence-corrected chi connectivity index (χ4v) is 4.67. The highest BCUT2D eigenvalue weighted by Gasteiger charge is 2.37. The predicted molar refractivity (Wildman–Crippen MR) is 101 cm³/mol. The Morgan fingerprint density at radius 3 is 2.59 bits per heavy atom. The summed E-state index contributed by atoms with van der Waals surface area (Å²) in [6, 6.07) is 11.2. The SMILES string of the molecule is COc1ccc(OC)c(S(=O)(=O)NCC(O)(c2ccco2)c2cccs2)c1. The molecule has 0 bridgehead atoms. The Kier molecular flexibility index (Phi) is 5.56. The van der Waals surface area contributed by atoms with Crippen molar-refractivity contribution in [2.45, 2.75) is 10.5 Å². The normalized spacial score (nSPS) is 13.9. The van der Waals surface area contributed by atoms with Gasteiger partial charge >= 0.3 is 0 Å². The van der Waals surface area contributed by atoms with Crippen LogP contribution in [0.1, 0.15) is 10.6 Å². The Bertz CT molecular complexity index is 947. The van der Waals surface area contributed by atoms with Gasteiger partial charge < -0.3 is 19.0 Å². The molecular weight excluding hydrogens is 390 g/mol. The molecule has 0 spiro atoms. The highest BCUT2D eigenvalue weighted by molar-refractivity contribution is 7.89. The van der Waals surface area contributed by atoms with E-state index in [0.717, 1.165) is 0 Å². The highest BCUT2D eigenvalue weighted by Crippen LogP contribution is 2.34. The zero-order valence-corrected chi connectivity index (χ0v) is 16.3. The molecule has 1 unspecified atom stereocenters. The molecule has 27 heavy (non-hydrogen) atoms. The predicted octanol–water partition coefficient (Wildman–Crippen LogP) is 2.57. The second-order valence-corrected chi connectivity index (χ2v) is 8.34. The number of thiophene rings is 1. The van der Waals surface area contributed by atoms with E-state index < -0.39 is 15.6 Å². The summed E-state index contributed by atoms with van der Waals surface area (Å²) in [5.41, 5.74) is -1.64. The van der Waals surface area contributed by atoms with Gasteiger partial charge in [-0.2, -0.15) is 0 Å². The van der Waals surface area contributed by atoms with Crippen LogP contribution in [0.2, 0.25) is 0 Å². The number of ether oxygens (including phenoxy) is 2. The van der Waals surface area contributed by atoms with Crippen LogP contribution in [-0.2, 0) is 15.6 Å². The lowest BCUT2D eigenvalue weighted by atomic mass is 9.99. The van der Waals surface area contributed by atoms with Gasteiger partial charge in [-0.05, 0) is 35.7 Å². The minimum absolute atomic E-state index is 0.0858. The average Bonchev–Trinajstić information content (AvgIpc) is 3.40. The van der Waals surface area contributed by atoms with Gasteiger partial charge in [-0.3, -0.25) is 0 Å². The third kappa shape index (κ3) is 3.86. The average molecular weight is 409 g/mol. The molecule has 7 nitrogen and oxygen atoms in total. The Hall–Kier alpha value is -2.33. The third-order valence-electron chi connectivity index (χ3n) is 4.04.